The van der Waals surface area contributed by atoms with Crippen LogP contribution in [-0.2, 0) is 18.4 Å². The Hall–Kier alpha value is -3.10. The van der Waals surface area contributed by atoms with Crippen LogP contribution in [0.5, 0.6) is 0 Å². The van der Waals surface area contributed by atoms with Gasteiger partial charge in [0, 0.05) is 23.6 Å². The maximum Gasteiger partial charge on any atom is 0.248 e. The standard InChI is InChI=1S/C22H21N5OS2/c1-14-4-8-16(9-5-14)18-13-30-21(23-18)24-19(28)12-27-22(29)26(3)20(25-27)17-10-6-15(2)7-11-17/h4-11,13H,12H2,1-3H3,(H,23,24,28). The maximum absolute atomic E-state index is 12.6. The number of aryl methyl sites for hydroxylation is 2. The van der Waals surface area contributed by atoms with Crippen molar-refractivity contribution in [3.63, 3.8) is 0 Å². The van der Waals surface area contributed by atoms with Crippen molar-refractivity contribution < 1.29 is 4.79 Å². The molecule has 30 heavy (non-hydrogen) atoms. The fourth-order valence-corrected chi connectivity index (χ4v) is 3.96. The molecule has 1 amide bonds. The van der Waals surface area contributed by atoms with Gasteiger partial charge in [-0.3, -0.25) is 4.79 Å². The smallest absolute Gasteiger partial charge is 0.248 e. The summed E-state index contributed by atoms with van der Waals surface area (Å²) in [6, 6.07) is 16.2. The van der Waals surface area contributed by atoms with Crippen LogP contribution in [0.2, 0.25) is 0 Å². The Morgan fingerprint density at radius 3 is 2.27 bits per heavy atom. The van der Waals surface area contributed by atoms with Crippen LogP contribution in [0.1, 0.15) is 11.1 Å². The zero-order valence-corrected chi connectivity index (χ0v) is 18.5. The molecule has 2 aromatic heterocycles. The summed E-state index contributed by atoms with van der Waals surface area (Å²) in [4.78, 5) is 17.1. The summed E-state index contributed by atoms with van der Waals surface area (Å²) in [5, 5.41) is 9.88. The van der Waals surface area contributed by atoms with Gasteiger partial charge in [0.05, 0.1) is 5.69 Å². The highest BCUT2D eigenvalue weighted by atomic mass is 32.1. The number of rotatable bonds is 5. The van der Waals surface area contributed by atoms with Gasteiger partial charge in [-0.25, -0.2) is 9.67 Å². The number of hydrogen-bond acceptors (Lipinski definition) is 5. The first-order valence-corrected chi connectivity index (χ1v) is 10.7. The molecule has 0 fully saturated rings. The van der Waals surface area contributed by atoms with E-state index < -0.39 is 0 Å². The Morgan fingerprint density at radius 1 is 1.03 bits per heavy atom. The largest absolute Gasteiger partial charge is 0.303 e. The predicted octanol–water partition coefficient (Wildman–Crippen LogP) is 5.00. The molecule has 0 spiro atoms. The van der Waals surface area contributed by atoms with Gasteiger partial charge in [0.1, 0.15) is 6.54 Å². The predicted molar refractivity (Wildman–Crippen MR) is 123 cm³/mol. The molecule has 0 saturated heterocycles. The molecule has 4 rings (SSSR count). The van der Waals surface area contributed by atoms with Gasteiger partial charge >= 0.3 is 0 Å². The lowest BCUT2D eigenvalue weighted by molar-refractivity contribution is -0.116. The Labute approximate surface area is 183 Å². The molecule has 4 aromatic rings. The van der Waals surface area contributed by atoms with E-state index in [2.05, 4.69) is 15.4 Å². The number of aromatic nitrogens is 4. The van der Waals surface area contributed by atoms with Crippen molar-refractivity contribution >= 4 is 34.6 Å². The van der Waals surface area contributed by atoms with Gasteiger partial charge in [-0.15, -0.1) is 11.3 Å². The molecule has 0 unspecified atom stereocenters. The van der Waals surface area contributed by atoms with Crippen molar-refractivity contribution in [3.05, 3.63) is 69.8 Å². The maximum atomic E-state index is 12.6. The molecule has 0 atom stereocenters. The minimum absolute atomic E-state index is 0.0258. The van der Waals surface area contributed by atoms with E-state index in [1.54, 1.807) is 0 Å². The van der Waals surface area contributed by atoms with Crippen LogP contribution in [0.4, 0.5) is 5.13 Å². The molecule has 0 aliphatic rings. The van der Waals surface area contributed by atoms with E-state index in [0.717, 1.165) is 22.6 Å². The molecule has 0 saturated carbocycles. The van der Waals surface area contributed by atoms with E-state index in [9.17, 15) is 4.79 Å². The first-order valence-electron chi connectivity index (χ1n) is 9.44. The normalized spacial score (nSPS) is 10.9. The van der Waals surface area contributed by atoms with Gasteiger partial charge in [-0.05, 0) is 26.1 Å². The molecule has 8 heteroatoms. The Kier molecular flexibility index (Phi) is 5.61. The molecular formula is C22H21N5OS2. The third-order valence-electron chi connectivity index (χ3n) is 4.74. The third-order valence-corrected chi connectivity index (χ3v) is 5.98. The lowest BCUT2D eigenvalue weighted by Crippen LogP contribution is -2.19. The molecule has 0 radical (unpaired) electrons. The second-order valence-corrected chi connectivity index (χ2v) is 8.36. The van der Waals surface area contributed by atoms with Crippen molar-refractivity contribution in [2.45, 2.75) is 20.4 Å². The van der Waals surface area contributed by atoms with Gasteiger partial charge in [-0.2, -0.15) is 5.10 Å². The van der Waals surface area contributed by atoms with Crippen LogP contribution in [0, 0.1) is 18.6 Å². The third kappa shape index (κ3) is 4.24. The topological polar surface area (TPSA) is 64.7 Å². The van der Waals surface area contributed by atoms with Crippen molar-refractivity contribution in [1.82, 2.24) is 19.3 Å². The lowest BCUT2D eigenvalue weighted by atomic mass is 10.1. The summed E-state index contributed by atoms with van der Waals surface area (Å²) >= 11 is 6.87. The monoisotopic (exact) mass is 435 g/mol. The van der Waals surface area contributed by atoms with E-state index in [-0.39, 0.29) is 12.5 Å². The summed E-state index contributed by atoms with van der Waals surface area (Å²) < 4.78 is 3.83. The zero-order chi connectivity index (χ0) is 21.3. The summed E-state index contributed by atoms with van der Waals surface area (Å²) in [7, 11) is 1.85. The molecule has 2 heterocycles. The quantitative estimate of drug-likeness (QED) is 0.448. The molecule has 0 aliphatic carbocycles. The Balaban J connectivity index is 1.48. The van der Waals surface area contributed by atoms with Crippen LogP contribution in [0.25, 0.3) is 22.6 Å². The van der Waals surface area contributed by atoms with E-state index in [4.69, 9.17) is 12.2 Å². The van der Waals surface area contributed by atoms with E-state index >= 15 is 0 Å². The number of amides is 1. The molecule has 0 bridgehead atoms. The van der Waals surface area contributed by atoms with Crippen LogP contribution < -0.4 is 5.32 Å². The van der Waals surface area contributed by atoms with Crippen LogP contribution in [0.15, 0.2) is 53.9 Å². The van der Waals surface area contributed by atoms with Gasteiger partial charge < -0.3 is 9.88 Å². The summed E-state index contributed by atoms with van der Waals surface area (Å²) in [5.74, 6) is 0.508. The van der Waals surface area contributed by atoms with E-state index in [1.807, 2.05) is 79.4 Å². The van der Waals surface area contributed by atoms with E-state index in [1.165, 1.54) is 27.1 Å². The molecule has 0 aliphatic heterocycles. The molecule has 152 valence electrons. The zero-order valence-electron chi connectivity index (χ0n) is 16.9. The van der Waals surface area contributed by atoms with Gasteiger partial charge in [-0.1, -0.05) is 59.7 Å². The van der Waals surface area contributed by atoms with Gasteiger partial charge in [0.25, 0.3) is 0 Å². The minimum Gasteiger partial charge on any atom is -0.303 e. The first-order chi connectivity index (χ1) is 14.4. The fraction of sp³-hybridized carbons (Fsp3) is 0.182. The highest BCUT2D eigenvalue weighted by molar-refractivity contribution is 7.71. The Morgan fingerprint density at radius 2 is 1.63 bits per heavy atom. The highest BCUT2D eigenvalue weighted by Gasteiger charge is 2.14. The fourth-order valence-electron chi connectivity index (χ4n) is 3.03. The average molecular weight is 436 g/mol. The van der Waals surface area contributed by atoms with Crippen molar-refractivity contribution in [1.29, 1.82) is 0 Å². The number of carbonyl (C=O) groups is 1. The number of hydrogen-bond donors (Lipinski definition) is 1. The summed E-state index contributed by atoms with van der Waals surface area (Å²) in [6.45, 7) is 4.11. The SMILES string of the molecule is Cc1ccc(-c2csc(NC(=O)Cn3nc(-c4ccc(C)cc4)n(C)c3=S)n2)cc1. The number of carbonyl (C=O) groups excluding carboxylic acids is 1. The summed E-state index contributed by atoms with van der Waals surface area (Å²) in [5.41, 5.74) is 5.18. The number of anilines is 1. The molecule has 6 nitrogen and oxygen atoms in total. The number of nitrogens with one attached hydrogen (secondary N) is 1. The molecule has 2 aromatic carbocycles. The van der Waals surface area contributed by atoms with Crippen LogP contribution in [0.3, 0.4) is 0 Å². The summed E-state index contributed by atoms with van der Waals surface area (Å²) in [6.07, 6.45) is 0. The first kappa shape index (κ1) is 20.2. The van der Waals surface area contributed by atoms with Crippen molar-refractivity contribution in [3.8, 4) is 22.6 Å². The second-order valence-electron chi connectivity index (χ2n) is 7.14. The van der Waals surface area contributed by atoms with Crippen LogP contribution in [-0.4, -0.2) is 25.2 Å². The molecule has 1 N–H and O–H groups in total. The molecular weight excluding hydrogens is 414 g/mol. The minimum atomic E-state index is -0.218. The highest BCUT2D eigenvalue weighted by Crippen LogP contribution is 2.25. The average Bonchev–Trinajstić information content (AvgIpc) is 3.29. The number of thiazole rings is 1. The van der Waals surface area contributed by atoms with Crippen molar-refractivity contribution in [2.75, 3.05) is 5.32 Å². The number of nitrogens with zero attached hydrogens (tertiary/aromatic N) is 4. The number of benzene rings is 2. The Bertz CT molecular complexity index is 1250. The second kappa shape index (κ2) is 8.33. The van der Waals surface area contributed by atoms with Gasteiger partial charge in [0.15, 0.2) is 15.7 Å². The van der Waals surface area contributed by atoms with Crippen LogP contribution >= 0.6 is 23.6 Å². The van der Waals surface area contributed by atoms with Crippen molar-refractivity contribution in [2.24, 2.45) is 7.05 Å². The lowest BCUT2D eigenvalue weighted by Gasteiger charge is -2.02. The van der Waals surface area contributed by atoms with Gasteiger partial charge in [0.2, 0.25) is 5.91 Å². The van der Waals surface area contributed by atoms with E-state index in [0.29, 0.717) is 9.90 Å².